The molecule has 5 aromatic rings. The number of ether oxygens (including phenoxy) is 1. The molecule has 8 nitrogen and oxygen atoms in total. The second-order valence-corrected chi connectivity index (χ2v) is 10.9. The Balaban J connectivity index is 1.36. The van der Waals surface area contributed by atoms with E-state index in [2.05, 4.69) is 30.3 Å². The van der Waals surface area contributed by atoms with E-state index in [1.165, 1.54) is 36.1 Å². The Morgan fingerprint density at radius 2 is 1.83 bits per heavy atom. The van der Waals surface area contributed by atoms with Crippen LogP contribution in [0.3, 0.4) is 0 Å². The zero-order valence-corrected chi connectivity index (χ0v) is 22.8. The molecule has 0 amide bonds. The summed E-state index contributed by atoms with van der Waals surface area (Å²) in [4.78, 5) is 30.3. The number of rotatable bonds is 5. The van der Waals surface area contributed by atoms with Gasteiger partial charge in [0.05, 0.1) is 39.9 Å². The van der Waals surface area contributed by atoms with Crippen LogP contribution in [0.4, 0.5) is 5.69 Å². The first-order chi connectivity index (χ1) is 20.0. The molecule has 2 aromatic heterocycles. The van der Waals surface area contributed by atoms with Gasteiger partial charge in [0.2, 0.25) is 0 Å². The number of non-ortho nitro benzene ring substituents is 1. The molecule has 0 saturated carbocycles. The fourth-order valence-electron chi connectivity index (χ4n) is 5.66. The number of nitrogens with zero attached hydrogens (tertiary/aromatic N) is 3. The summed E-state index contributed by atoms with van der Waals surface area (Å²) >= 11 is 1.34. The molecule has 1 aliphatic heterocycles. The first-order valence-corrected chi connectivity index (χ1v) is 13.9. The number of aryl methyl sites for hydroxylation is 1. The highest BCUT2D eigenvalue weighted by atomic mass is 32.1. The molecule has 2 aliphatic rings. The van der Waals surface area contributed by atoms with Crippen molar-refractivity contribution in [2.75, 3.05) is 7.11 Å². The van der Waals surface area contributed by atoms with Gasteiger partial charge in [-0.3, -0.25) is 19.5 Å². The van der Waals surface area contributed by atoms with Crippen molar-refractivity contribution in [1.29, 1.82) is 0 Å². The third-order valence-electron chi connectivity index (χ3n) is 7.55. The molecule has 0 fully saturated rings. The molecule has 0 unspecified atom stereocenters. The highest BCUT2D eigenvalue weighted by Crippen LogP contribution is 2.41. The predicted octanol–water partition coefficient (Wildman–Crippen LogP) is 5.50. The van der Waals surface area contributed by atoms with Gasteiger partial charge in [0, 0.05) is 17.7 Å². The van der Waals surface area contributed by atoms with Crippen molar-refractivity contribution in [2.24, 2.45) is 4.99 Å². The van der Waals surface area contributed by atoms with E-state index in [9.17, 15) is 14.9 Å². The lowest BCUT2D eigenvalue weighted by molar-refractivity contribution is -0.384. The normalized spacial score (nSPS) is 16.0. The van der Waals surface area contributed by atoms with Crippen LogP contribution in [0.5, 0.6) is 5.75 Å². The van der Waals surface area contributed by atoms with Crippen molar-refractivity contribution in [2.45, 2.75) is 18.9 Å². The van der Waals surface area contributed by atoms with E-state index in [1.807, 2.05) is 28.8 Å². The molecule has 0 N–H and O–H groups in total. The lowest BCUT2D eigenvalue weighted by Gasteiger charge is -2.30. The van der Waals surface area contributed by atoms with Gasteiger partial charge in [-0.1, -0.05) is 65.9 Å². The number of thiazole rings is 1. The molecule has 0 spiro atoms. The van der Waals surface area contributed by atoms with Crippen molar-refractivity contribution >= 4 is 28.8 Å². The third kappa shape index (κ3) is 4.22. The van der Waals surface area contributed by atoms with E-state index in [1.54, 1.807) is 24.3 Å². The zero-order chi connectivity index (χ0) is 28.1. The first-order valence-electron chi connectivity index (χ1n) is 13.1. The molecule has 0 radical (unpaired) electrons. The molecule has 7 rings (SSSR count). The number of benzene rings is 3. The van der Waals surface area contributed by atoms with Crippen LogP contribution < -0.4 is 19.6 Å². The topological polar surface area (TPSA) is 99.9 Å². The summed E-state index contributed by atoms with van der Waals surface area (Å²) in [6.45, 7) is 0. The lowest BCUT2D eigenvalue weighted by Crippen LogP contribution is -2.38. The molecule has 0 saturated heterocycles. The number of hydrogen-bond donors (Lipinski definition) is 0. The van der Waals surface area contributed by atoms with Crippen LogP contribution in [0.15, 0.2) is 105 Å². The molecule has 1 aliphatic carbocycles. The second-order valence-electron chi connectivity index (χ2n) is 9.87. The standard InChI is InChI=1S/C32H23N3O5S/c1-39-27-17-21(35(37)38)12-15-24(27)26-16-13-22(40-26)18-28-31(36)34-30(20-8-3-2-4-9-20)25-14-11-19-7-5-6-10-23(19)29(25)33-32(34)41-28/h2-10,12-13,15-18,30H,11,14H2,1H3/b28-18+/t30-/m1/s1. The molecule has 202 valence electrons. The Labute approximate surface area is 238 Å². The Morgan fingerprint density at radius 3 is 2.63 bits per heavy atom. The number of nitro groups is 1. The Kier molecular flexibility index (Phi) is 6.01. The number of furan rings is 1. The monoisotopic (exact) mass is 561 g/mol. The first kappa shape index (κ1) is 25.0. The average molecular weight is 562 g/mol. The van der Waals surface area contributed by atoms with E-state index < -0.39 is 4.92 Å². The van der Waals surface area contributed by atoms with Gasteiger partial charge >= 0.3 is 0 Å². The summed E-state index contributed by atoms with van der Waals surface area (Å²) in [5.41, 5.74) is 5.93. The van der Waals surface area contributed by atoms with Crippen LogP contribution in [-0.4, -0.2) is 16.6 Å². The lowest BCUT2D eigenvalue weighted by atomic mass is 9.83. The van der Waals surface area contributed by atoms with Crippen molar-refractivity contribution in [3.63, 3.8) is 0 Å². The van der Waals surface area contributed by atoms with Crippen LogP contribution in [0.25, 0.3) is 23.1 Å². The minimum atomic E-state index is -0.473. The quantitative estimate of drug-likeness (QED) is 0.209. The summed E-state index contributed by atoms with van der Waals surface area (Å²) in [5, 5.41) is 11.2. The fraction of sp³-hybridized carbons (Fsp3) is 0.125. The van der Waals surface area contributed by atoms with Gasteiger partial charge in [0.25, 0.3) is 11.2 Å². The van der Waals surface area contributed by atoms with E-state index in [0.717, 1.165) is 35.2 Å². The van der Waals surface area contributed by atoms with Gasteiger partial charge in [-0.05, 0) is 47.7 Å². The summed E-state index contributed by atoms with van der Waals surface area (Å²) in [6.07, 6.45) is 3.46. The van der Waals surface area contributed by atoms with E-state index in [0.29, 0.717) is 32.2 Å². The zero-order valence-electron chi connectivity index (χ0n) is 21.9. The molecule has 9 heteroatoms. The summed E-state index contributed by atoms with van der Waals surface area (Å²) in [7, 11) is 1.45. The van der Waals surface area contributed by atoms with Gasteiger partial charge in [-0.15, -0.1) is 0 Å². The van der Waals surface area contributed by atoms with E-state index >= 15 is 0 Å². The van der Waals surface area contributed by atoms with E-state index in [-0.39, 0.29) is 17.3 Å². The van der Waals surface area contributed by atoms with Gasteiger partial charge in [0.1, 0.15) is 17.3 Å². The number of allylic oxidation sites excluding steroid dienone is 1. The fourth-order valence-corrected chi connectivity index (χ4v) is 6.64. The van der Waals surface area contributed by atoms with Crippen molar-refractivity contribution < 1.29 is 14.1 Å². The van der Waals surface area contributed by atoms with Crippen LogP contribution in [0, 0.1) is 10.1 Å². The van der Waals surface area contributed by atoms with Crippen LogP contribution in [0.2, 0.25) is 0 Å². The average Bonchev–Trinajstić information content (AvgIpc) is 3.60. The minimum Gasteiger partial charge on any atom is -0.496 e. The third-order valence-corrected chi connectivity index (χ3v) is 8.53. The molecule has 1 atom stereocenters. The van der Waals surface area contributed by atoms with Crippen LogP contribution >= 0.6 is 11.3 Å². The Hall–Kier alpha value is -5.02. The maximum atomic E-state index is 13.9. The van der Waals surface area contributed by atoms with Crippen molar-refractivity contribution in [3.05, 3.63) is 143 Å². The van der Waals surface area contributed by atoms with Gasteiger partial charge < -0.3 is 9.15 Å². The number of hydrogen-bond acceptors (Lipinski definition) is 7. The smallest absolute Gasteiger partial charge is 0.273 e. The van der Waals surface area contributed by atoms with Crippen molar-refractivity contribution in [1.82, 2.24) is 4.57 Å². The molecule has 3 aromatic carbocycles. The largest absolute Gasteiger partial charge is 0.496 e. The number of methoxy groups -OCH3 is 1. The number of fused-ring (bicyclic) bond motifs is 3. The molecular formula is C32H23N3O5S. The number of nitro benzene ring substituents is 1. The maximum Gasteiger partial charge on any atom is 0.273 e. The van der Waals surface area contributed by atoms with Crippen LogP contribution in [0.1, 0.15) is 34.9 Å². The minimum absolute atomic E-state index is 0.0724. The second kappa shape index (κ2) is 9.87. The SMILES string of the molecule is COc1cc([N+](=O)[O-])ccc1-c1ccc(/C=c2/sc3n(c2=O)[C@H](c2ccccc2)C2=C(N=3)c3ccccc3CC2)o1. The van der Waals surface area contributed by atoms with Gasteiger partial charge in [0.15, 0.2) is 4.80 Å². The molecule has 41 heavy (non-hydrogen) atoms. The summed E-state index contributed by atoms with van der Waals surface area (Å²) in [6, 6.07) is 26.1. The maximum absolute atomic E-state index is 13.9. The summed E-state index contributed by atoms with van der Waals surface area (Å²) < 4.78 is 13.8. The van der Waals surface area contributed by atoms with Gasteiger partial charge in [-0.25, -0.2) is 4.99 Å². The highest BCUT2D eigenvalue weighted by molar-refractivity contribution is 7.07. The number of aromatic nitrogens is 1. The molecule has 0 bridgehead atoms. The predicted molar refractivity (Wildman–Crippen MR) is 157 cm³/mol. The van der Waals surface area contributed by atoms with E-state index in [4.69, 9.17) is 14.1 Å². The van der Waals surface area contributed by atoms with Gasteiger partial charge in [-0.2, -0.15) is 0 Å². The molecular weight excluding hydrogens is 538 g/mol. The Bertz CT molecular complexity index is 2050. The summed E-state index contributed by atoms with van der Waals surface area (Å²) in [5.74, 6) is 1.29. The van der Waals surface area contributed by atoms with Crippen molar-refractivity contribution in [3.8, 4) is 17.1 Å². The molecule has 3 heterocycles. The highest BCUT2D eigenvalue weighted by Gasteiger charge is 2.32. The Morgan fingerprint density at radius 1 is 1.02 bits per heavy atom. The van der Waals surface area contributed by atoms with Crippen LogP contribution in [-0.2, 0) is 6.42 Å².